The summed E-state index contributed by atoms with van der Waals surface area (Å²) in [7, 11) is 1.22. The van der Waals surface area contributed by atoms with Crippen molar-refractivity contribution in [2.24, 2.45) is 5.73 Å². The van der Waals surface area contributed by atoms with Crippen LogP contribution < -0.4 is 21.7 Å². The minimum Gasteiger partial charge on any atom is -0.453 e. The minimum atomic E-state index is -1.14. The van der Waals surface area contributed by atoms with Gasteiger partial charge in [0.05, 0.1) is 28.1 Å². The molecule has 0 fully saturated rings. The van der Waals surface area contributed by atoms with Gasteiger partial charge in [0, 0.05) is 33.6 Å². The zero-order chi connectivity index (χ0) is 38.1. The molecule has 0 spiro atoms. The number of hydrogen-bond acceptors (Lipinski definition) is 5. The van der Waals surface area contributed by atoms with Gasteiger partial charge in [0.2, 0.25) is 5.91 Å². The molecule has 5 N–H and O–H groups in total. The molecule has 4 amide bonds. The number of nitrogens with two attached hydrogens (primary N) is 1. The van der Waals surface area contributed by atoms with E-state index in [1.807, 2.05) is 0 Å². The largest absolute Gasteiger partial charge is 0.453 e. The number of fused-ring (bicyclic) bond motifs is 2. The third-order valence-electron chi connectivity index (χ3n) is 9.33. The normalized spacial score (nSPS) is 18.0. The Morgan fingerprint density at radius 1 is 0.698 bits per heavy atom. The molecule has 6 rings (SSSR count). The molecule has 53 heavy (non-hydrogen) atoms. The number of ether oxygens (including phenoxy) is 1. The third kappa shape index (κ3) is 8.11. The molecule has 2 unspecified atom stereocenters. The van der Waals surface area contributed by atoms with E-state index in [0.29, 0.717) is 48.2 Å². The molecule has 2 atom stereocenters. The first-order valence-electron chi connectivity index (χ1n) is 15.8. The molecule has 9 nitrogen and oxygen atoms in total. The Hall–Kier alpha value is -5.14. The van der Waals surface area contributed by atoms with Crippen LogP contribution in [0.3, 0.4) is 0 Å². The smallest absolute Gasteiger partial charge is 0.407 e. The van der Waals surface area contributed by atoms with Gasteiger partial charge < -0.3 is 26.4 Å². The molecule has 0 radical (unpaired) electrons. The van der Waals surface area contributed by atoms with E-state index in [2.05, 4.69) is 20.7 Å². The molecule has 0 saturated carbocycles. The Bertz CT molecular complexity index is 2130. The van der Waals surface area contributed by atoms with E-state index in [1.54, 1.807) is 13.8 Å². The van der Waals surface area contributed by atoms with Crippen LogP contribution in [0.2, 0.25) is 10.0 Å². The van der Waals surface area contributed by atoms with Crippen LogP contribution in [0, 0.1) is 23.3 Å². The lowest BCUT2D eigenvalue weighted by Crippen LogP contribution is -2.42. The lowest BCUT2D eigenvalue weighted by molar-refractivity contribution is -0.123. The fourth-order valence-electron chi connectivity index (χ4n) is 6.57. The summed E-state index contributed by atoms with van der Waals surface area (Å²) in [5.74, 6) is -3.86. The molecule has 2 aliphatic carbocycles. The van der Waals surface area contributed by atoms with Crippen LogP contribution >= 0.6 is 23.2 Å². The van der Waals surface area contributed by atoms with Gasteiger partial charge in [-0.2, -0.15) is 0 Å². The number of nitrogens with one attached hydrogen (secondary N) is 3. The summed E-state index contributed by atoms with van der Waals surface area (Å²) in [6.45, 7) is 3.26. The van der Waals surface area contributed by atoms with Crippen LogP contribution in [0.5, 0.6) is 0 Å². The van der Waals surface area contributed by atoms with Crippen molar-refractivity contribution < 1.29 is 41.5 Å². The average molecular weight is 776 g/mol. The van der Waals surface area contributed by atoms with E-state index in [1.165, 1.54) is 49.6 Å². The van der Waals surface area contributed by atoms with Crippen LogP contribution in [0.15, 0.2) is 60.7 Å². The lowest BCUT2D eigenvalue weighted by Gasteiger charge is -2.26. The van der Waals surface area contributed by atoms with Crippen molar-refractivity contribution in [1.82, 2.24) is 5.32 Å². The van der Waals surface area contributed by atoms with Crippen molar-refractivity contribution in [2.45, 2.75) is 57.9 Å². The molecule has 4 aromatic rings. The summed E-state index contributed by atoms with van der Waals surface area (Å²) in [4.78, 5) is 48.7. The second-order valence-electron chi connectivity index (χ2n) is 12.7. The Balaban J connectivity index is 0.000000233. The molecular weight excluding hydrogens is 739 g/mol. The summed E-state index contributed by atoms with van der Waals surface area (Å²) in [5, 5.41) is 7.63. The van der Waals surface area contributed by atoms with Gasteiger partial charge in [-0.05, 0) is 111 Å². The highest BCUT2D eigenvalue weighted by Crippen LogP contribution is 2.42. The Morgan fingerprint density at radius 3 is 1.58 bits per heavy atom. The lowest BCUT2D eigenvalue weighted by atomic mass is 9.82. The van der Waals surface area contributed by atoms with Crippen molar-refractivity contribution in [3.63, 3.8) is 0 Å². The number of alkyl carbamates (subject to hydrolysis) is 1. The SMILES string of the molecule is C.CC1(C(N)=O)CCc2c(C(=O)Nc3ccc(F)c(Cl)c3)ccc(F)c21.COC(=O)NC1(C)CCc2c(C(=O)Nc3ccc(F)c(Cl)c3)ccc(F)c21. The maximum Gasteiger partial charge on any atom is 0.407 e. The third-order valence-corrected chi connectivity index (χ3v) is 9.91. The zero-order valence-electron chi connectivity index (χ0n) is 28.0. The van der Waals surface area contributed by atoms with Gasteiger partial charge in [0.1, 0.15) is 23.3 Å². The number of primary amides is 1. The van der Waals surface area contributed by atoms with Crippen LogP contribution in [0.1, 0.15) is 77.1 Å². The highest BCUT2D eigenvalue weighted by molar-refractivity contribution is 6.31. The highest BCUT2D eigenvalue weighted by Gasteiger charge is 2.44. The van der Waals surface area contributed by atoms with Gasteiger partial charge in [-0.1, -0.05) is 30.6 Å². The van der Waals surface area contributed by atoms with Crippen LogP contribution in [0.4, 0.5) is 33.7 Å². The molecule has 15 heteroatoms. The van der Waals surface area contributed by atoms with Crippen LogP contribution in [-0.4, -0.2) is 30.9 Å². The summed E-state index contributed by atoms with van der Waals surface area (Å²) in [5.41, 5.74) is 5.88. The predicted octanol–water partition coefficient (Wildman–Crippen LogP) is 8.58. The van der Waals surface area contributed by atoms with Gasteiger partial charge in [-0.3, -0.25) is 14.4 Å². The second-order valence-corrected chi connectivity index (χ2v) is 13.5. The molecule has 0 heterocycles. The molecule has 4 aromatic carbocycles. The maximum atomic E-state index is 14.5. The highest BCUT2D eigenvalue weighted by atomic mass is 35.5. The van der Waals surface area contributed by atoms with Crippen molar-refractivity contribution in [3.8, 4) is 0 Å². The molecule has 280 valence electrons. The van der Waals surface area contributed by atoms with Crippen molar-refractivity contribution in [1.29, 1.82) is 0 Å². The Labute approximate surface area is 313 Å². The summed E-state index contributed by atoms with van der Waals surface area (Å²) in [6.07, 6.45) is 0.836. The van der Waals surface area contributed by atoms with E-state index in [9.17, 15) is 36.7 Å². The van der Waals surface area contributed by atoms with Crippen LogP contribution in [-0.2, 0) is 33.3 Å². The van der Waals surface area contributed by atoms with E-state index >= 15 is 0 Å². The van der Waals surface area contributed by atoms with E-state index < -0.39 is 58.0 Å². The van der Waals surface area contributed by atoms with Crippen LogP contribution in [0.25, 0.3) is 0 Å². The number of carbonyl (C=O) groups excluding carboxylic acids is 4. The van der Waals surface area contributed by atoms with Gasteiger partial charge in [-0.25, -0.2) is 22.4 Å². The molecular formula is C38H36Cl2F4N4O5. The van der Waals surface area contributed by atoms with E-state index in [4.69, 9.17) is 28.9 Å². The first-order chi connectivity index (χ1) is 24.5. The predicted molar refractivity (Wildman–Crippen MR) is 194 cm³/mol. The molecule has 0 aromatic heterocycles. The fourth-order valence-corrected chi connectivity index (χ4v) is 6.93. The number of carbonyl (C=O) groups is 4. The molecule has 2 aliphatic rings. The number of hydrogen-bond donors (Lipinski definition) is 4. The van der Waals surface area contributed by atoms with Crippen molar-refractivity contribution >= 4 is 58.4 Å². The Kier molecular flexibility index (Phi) is 12.1. The second kappa shape index (κ2) is 15.8. The summed E-state index contributed by atoms with van der Waals surface area (Å²) < 4.78 is 59.9. The van der Waals surface area contributed by atoms with Gasteiger partial charge in [0.25, 0.3) is 11.8 Å². The maximum absolute atomic E-state index is 14.5. The monoisotopic (exact) mass is 774 g/mol. The number of amides is 4. The standard InChI is InChI=1S/C19H17ClF2N2O3.C18H15ClF2N2O2.CH4/c1-19(24-18(26)27-2)8-7-11-12(4-6-15(22)16(11)19)17(25)23-10-3-5-14(21)13(20)9-10;1-18(17(22)25)7-6-10-11(3-5-14(21)15(10)18)16(24)23-9-2-4-13(20)12(19)8-9;/h3-6,9H,7-8H2,1-2H3,(H,23,25)(H,24,26);2-5,8H,6-7H2,1H3,(H2,22,25)(H,23,24);1H4. The minimum absolute atomic E-state index is 0. The van der Waals surface area contributed by atoms with E-state index in [-0.39, 0.29) is 39.7 Å². The quantitative estimate of drug-likeness (QED) is 0.145. The first kappa shape index (κ1) is 40.6. The first-order valence-corrected chi connectivity index (χ1v) is 16.6. The van der Waals surface area contributed by atoms with Gasteiger partial charge in [0.15, 0.2) is 0 Å². The van der Waals surface area contributed by atoms with Gasteiger partial charge in [-0.15, -0.1) is 0 Å². The fraction of sp³-hybridized carbons (Fsp3) is 0.263. The van der Waals surface area contributed by atoms with E-state index in [0.717, 1.165) is 18.2 Å². The van der Waals surface area contributed by atoms with Crippen molar-refractivity contribution in [3.05, 3.63) is 127 Å². The average Bonchev–Trinajstić information content (AvgIpc) is 3.64. The summed E-state index contributed by atoms with van der Waals surface area (Å²) >= 11 is 11.4. The molecule has 0 saturated heterocycles. The number of benzene rings is 4. The number of anilines is 2. The van der Waals surface area contributed by atoms with Crippen molar-refractivity contribution in [2.75, 3.05) is 17.7 Å². The number of methoxy groups -OCH3 is 1. The topological polar surface area (TPSA) is 140 Å². The zero-order valence-corrected chi connectivity index (χ0v) is 29.5. The summed E-state index contributed by atoms with van der Waals surface area (Å²) in [6, 6.07) is 12.7. The van der Waals surface area contributed by atoms with Gasteiger partial charge >= 0.3 is 6.09 Å². The molecule has 0 aliphatic heterocycles. The molecule has 0 bridgehead atoms. The Morgan fingerprint density at radius 2 is 1.13 bits per heavy atom. The number of rotatable bonds is 6. The number of halogens is 6.